The highest BCUT2D eigenvalue weighted by molar-refractivity contribution is 6.01. The van der Waals surface area contributed by atoms with Gasteiger partial charge in [0.25, 0.3) is 0 Å². The molecule has 0 bridgehead atoms. The van der Waals surface area contributed by atoms with Crippen molar-refractivity contribution in [2.75, 3.05) is 20.3 Å². The first-order chi connectivity index (χ1) is 8.24. The number of aldehydes is 1. The fraction of sp³-hybridized carbons (Fsp3) is 0.500. The molecule has 1 aliphatic heterocycles. The highest BCUT2D eigenvalue weighted by Gasteiger charge is 2.27. The molecule has 0 aromatic heterocycles. The predicted octanol–water partition coefficient (Wildman–Crippen LogP) is 0.899. The number of methoxy groups -OCH3 is 1. The van der Waals surface area contributed by atoms with E-state index in [2.05, 4.69) is 16.9 Å². The average Bonchev–Trinajstić information content (AvgIpc) is 2.64. The third-order valence-electron chi connectivity index (χ3n) is 2.46. The summed E-state index contributed by atoms with van der Waals surface area (Å²) in [6, 6.07) is 0. The van der Waals surface area contributed by atoms with Crippen LogP contribution in [0, 0.1) is 0 Å². The Balaban J connectivity index is 2.61. The van der Waals surface area contributed by atoms with Crippen molar-refractivity contribution >= 4 is 12.1 Å². The second-order valence-electron chi connectivity index (χ2n) is 3.66. The second-order valence-corrected chi connectivity index (χ2v) is 3.66. The third kappa shape index (κ3) is 3.42. The fourth-order valence-corrected chi connectivity index (χ4v) is 1.61. The highest BCUT2D eigenvalue weighted by atomic mass is 16.5. The van der Waals surface area contributed by atoms with Gasteiger partial charge in [0.2, 0.25) is 0 Å². The highest BCUT2D eigenvalue weighted by Crippen LogP contribution is 2.17. The number of ether oxygens (including phenoxy) is 1. The van der Waals surface area contributed by atoms with Crippen LogP contribution in [-0.4, -0.2) is 43.4 Å². The number of carbonyl (C=O) groups is 1. The molecule has 0 spiro atoms. The lowest BCUT2D eigenvalue weighted by atomic mass is 10.3. The summed E-state index contributed by atoms with van der Waals surface area (Å²) in [5.74, 6) is 0.651. The molecule has 0 radical (unpaired) electrons. The Morgan fingerprint density at radius 3 is 3.00 bits per heavy atom. The van der Waals surface area contributed by atoms with Gasteiger partial charge in [-0.1, -0.05) is 12.7 Å². The minimum absolute atomic E-state index is 0.466. The quantitative estimate of drug-likeness (QED) is 0.551. The molecule has 1 N–H and O–H groups in total. The first kappa shape index (κ1) is 13.4. The zero-order chi connectivity index (χ0) is 12.7. The minimum atomic E-state index is -0.466. The van der Waals surface area contributed by atoms with Gasteiger partial charge in [0.1, 0.15) is 0 Å². The van der Waals surface area contributed by atoms with Gasteiger partial charge in [-0.25, -0.2) is 4.99 Å². The van der Waals surface area contributed by atoms with Crippen molar-refractivity contribution in [1.29, 1.82) is 0 Å². The molecule has 0 aliphatic carbocycles. The number of hydrogen-bond acceptors (Lipinski definition) is 5. The minimum Gasteiger partial charge on any atom is -0.385 e. The van der Waals surface area contributed by atoms with Crippen molar-refractivity contribution in [3.05, 3.63) is 24.6 Å². The van der Waals surface area contributed by atoms with Crippen LogP contribution in [0.2, 0.25) is 0 Å². The smallest absolute Gasteiger partial charge is 0.179 e. The first-order valence-corrected chi connectivity index (χ1v) is 5.60. The summed E-state index contributed by atoms with van der Waals surface area (Å²) in [6.07, 6.45) is 4.82. The Morgan fingerprint density at radius 2 is 2.41 bits per heavy atom. The predicted molar refractivity (Wildman–Crippen MR) is 67.6 cm³/mol. The van der Waals surface area contributed by atoms with Crippen LogP contribution >= 0.6 is 0 Å². The average molecular weight is 237 g/mol. The lowest BCUT2D eigenvalue weighted by molar-refractivity contribution is -0.111. The van der Waals surface area contributed by atoms with Crippen LogP contribution in [0.3, 0.4) is 0 Å². The standard InChI is InChI=1S/C12H19N3O2/c1-4-6-13-12-10(2)15(7-5-8-17-3)11(9-16)14-12/h4,6,9,11H,2,5,7-8H2,1,3H3,(H,13,14)/b6-4-. The molecule has 0 amide bonds. The number of carbonyl (C=O) groups excluding carboxylic acids is 1. The third-order valence-corrected chi connectivity index (χ3v) is 2.46. The van der Waals surface area contributed by atoms with Crippen molar-refractivity contribution < 1.29 is 9.53 Å². The number of nitrogens with one attached hydrogen (secondary N) is 1. The zero-order valence-corrected chi connectivity index (χ0v) is 10.3. The summed E-state index contributed by atoms with van der Waals surface area (Å²) < 4.78 is 4.99. The van der Waals surface area contributed by atoms with E-state index in [1.54, 1.807) is 13.3 Å². The van der Waals surface area contributed by atoms with Gasteiger partial charge in [-0.2, -0.15) is 0 Å². The van der Waals surface area contributed by atoms with Gasteiger partial charge in [-0.3, -0.25) is 4.79 Å². The molecule has 94 valence electrons. The SMILES string of the molecule is C=C1C(N/C=C\C)=NC(C=O)N1CCCOC. The van der Waals surface area contributed by atoms with E-state index >= 15 is 0 Å². The van der Waals surface area contributed by atoms with E-state index in [0.29, 0.717) is 19.0 Å². The van der Waals surface area contributed by atoms with Crippen LogP contribution in [0.4, 0.5) is 0 Å². The van der Waals surface area contributed by atoms with Crippen LogP contribution in [0.15, 0.2) is 29.5 Å². The number of allylic oxidation sites excluding steroid dienone is 1. The Hall–Kier alpha value is -1.62. The van der Waals surface area contributed by atoms with Crippen LogP contribution in [0.5, 0.6) is 0 Å². The molecule has 0 aromatic rings. The Kier molecular flexibility index (Phi) is 5.42. The van der Waals surface area contributed by atoms with Gasteiger partial charge in [-0.05, 0) is 19.5 Å². The van der Waals surface area contributed by atoms with Gasteiger partial charge in [0.15, 0.2) is 18.3 Å². The maximum absolute atomic E-state index is 10.9. The summed E-state index contributed by atoms with van der Waals surface area (Å²) >= 11 is 0. The van der Waals surface area contributed by atoms with Crippen LogP contribution in [0.25, 0.3) is 0 Å². The van der Waals surface area contributed by atoms with E-state index in [9.17, 15) is 4.79 Å². The summed E-state index contributed by atoms with van der Waals surface area (Å²) in [4.78, 5) is 17.1. The van der Waals surface area contributed by atoms with Crippen molar-refractivity contribution in [3.63, 3.8) is 0 Å². The molecule has 0 fully saturated rings. The van der Waals surface area contributed by atoms with E-state index < -0.39 is 6.17 Å². The van der Waals surface area contributed by atoms with Crippen LogP contribution in [-0.2, 0) is 9.53 Å². The van der Waals surface area contributed by atoms with Gasteiger partial charge < -0.3 is 15.0 Å². The first-order valence-electron chi connectivity index (χ1n) is 5.60. The monoisotopic (exact) mass is 237 g/mol. The van der Waals surface area contributed by atoms with Gasteiger partial charge in [-0.15, -0.1) is 0 Å². The van der Waals surface area contributed by atoms with Gasteiger partial charge >= 0.3 is 0 Å². The molecule has 0 saturated heterocycles. The summed E-state index contributed by atoms with van der Waals surface area (Å²) in [5.41, 5.74) is 0.747. The normalized spacial score (nSPS) is 19.9. The maximum Gasteiger partial charge on any atom is 0.179 e. The molecule has 5 heteroatoms. The number of amidine groups is 1. The van der Waals surface area contributed by atoms with Crippen LogP contribution in [0.1, 0.15) is 13.3 Å². The molecule has 0 saturated carbocycles. The summed E-state index contributed by atoms with van der Waals surface area (Å²) in [6.45, 7) is 7.22. The van der Waals surface area contributed by atoms with Gasteiger partial charge in [0, 0.05) is 20.3 Å². The lowest BCUT2D eigenvalue weighted by Crippen LogP contribution is -2.32. The maximum atomic E-state index is 10.9. The van der Waals surface area contributed by atoms with E-state index in [1.807, 2.05) is 17.9 Å². The molecule has 1 atom stereocenters. The van der Waals surface area contributed by atoms with E-state index in [0.717, 1.165) is 18.4 Å². The van der Waals surface area contributed by atoms with E-state index in [-0.39, 0.29) is 0 Å². The number of rotatable bonds is 6. The molecule has 17 heavy (non-hydrogen) atoms. The number of hydrogen-bond donors (Lipinski definition) is 1. The topological polar surface area (TPSA) is 53.9 Å². The van der Waals surface area contributed by atoms with Crippen molar-refractivity contribution in [2.45, 2.75) is 19.5 Å². The van der Waals surface area contributed by atoms with E-state index in [1.165, 1.54) is 0 Å². The van der Waals surface area contributed by atoms with Gasteiger partial charge in [0.05, 0.1) is 5.70 Å². The molecule has 5 nitrogen and oxygen atoms in total. The van der Waals surface area contributed by atoms with E-state index in [4.69, 9.17) is 4.74 Å². The largest absolute Gasteiger partial charge is 0.385 e. The number of nitrogens with zero attached hydrogens (tertiary/aromatic N) is 2. The molecule has 1 aliphatic rings. The molecular weight excluding hydrogens is 218 g/mol. The molecule has 1 heterocycles. The van der Waals surface area contributed by atoms with Crippen molar-refractivity contribution in [2.24, 2.45) is 4.99 Å². The second kappa shape index (κ2) is 6.85. The molecular formula is C12H19N3O2. The molecule has 0 aromatic carbocycles. The molecule has 1 unspecified atom stereocenters. The Morgan fingerprint density at radius 1 is 1.65 bits per heavy atom. The van der Waals surface area contributed by atoms with Crippen molar-refractivity contribution in [1.82, 2.24) is 10.2 Å². The lowest BCUT2D eigenvalue weighted by Gasteiger charge is -2.22. The fourth-order valence-electron chi connectivity index (χ4n) is 1.61. The van der Waals surface area contributed by atoms with Crippen molar-refractivity contribution in [3.8, 4) is 0 Å². The summed E-state index contributed by atoms with van der Waals surface area (Å²) in [5, 5.41) is 3.00. The Bertz CT molecular complexity index is 337. The molecule has 1 rings (SSSR count). The van der Waals surface area contributed by atoms with Crippen LogP contribution < -0.4 is 5.32 Å². The summed E-state index contributed by atoms with van der Waals surface area (Å²) in [7, 11) is 1.66. The zero-order valence-electron chi connectivity index (χ0n) is 10.3. The Labute approximate surface area is 102 Å². The number of aliphatic imine (C=N–C) groups is 1.